The number of carbonyl (C=O) groups is 1. The molecule has 3 aromatic rings. The third-order valence-electron chi connectivity index (χ3n) is 4.05. The largest absolute Gasteiger partial charge is 0.337 e. The van der Waals surface area contributed by atoms with Crippen LogP contribution in [0.1, 0.15) is 17.0 Å². The molecule has 0 radical (unpaired) electrons. The van der Waals surface area contributed by atoms with Crippen LogP contribution >= 0.6 is 31.9 Å². The van der Waals surface area contributed by atoms with Gasteiger partial charge in [0.2, 0.25) is 0 Å². The van der Waals surface area contributed by atoms with E-state index in [1.54, 1.807) is 0 Å². The van der Waals surface area contributed by atoms with Crippen LogP contribution in [0.4, 0.5) is 10.5 Å². The quantitative estimate of drug-likeness (QED) is 0.457. The van der Waals surface area contributed by atoms with Crippen LogP contribution in [-0.4, -0.2) is 12.6 Å². The van der Waals surface area contributed by atoms with Crippen molar-refractivity contribution < 1.29 is 4.79 Å². The second-order valence-electron chi connectivity index (χ2n) is 5.83. The number of amides is 2. The minimum absolute atomic E-state index is 0.0940. The Hall–Kier alpha value is -2.11. The zero-order chi connectivity index (χ0) is 18.4. The standard InChI is InChI=1S/C21H18Br2N2O/c22-17-11-12-20(19(23)13-17)25-21(26)24-14-18(15-7-3-1-4-8-15)16-9-5-2-6-10-16/h1-13,18H,14H2,(H2,24,25,26). The van der Waals surface area contributed by atoms with Crippen molar-refractivity contribution in [3.63, 3.8) is 0 Å². The van der Waals surface area contributed by atoms with Gasteiger partial charge in [-0.1, -0.05) is 76.6 Å². The SMILES string of the molecule is O=C(NCC(c1ccccc1)c1ccccc1)Nc1ccc(Br)cc1Br. The molecule has 0 unspecified atom stereocenters. The van der Waals surface area contributed by atoms with E-state index < -0.39 is 0 Å². The van der Waals surface area contributed by atoms with Crippen molar-refractivity contribution in [1.82, 2.24) is 5.32 Å². The number of carbonyl (C=O) groups excluding carboxylic acids is 1. The average Bonchev–Trinajstić information content (AvgIpc) is 2.66. The van der Waals surface area contributed by atoms with Gasteiger partial charge in [-0.25, -0.2) is 4.79 Å². The van der Waals surface area contributed by atoms with Crippen molar-refractivity contribution in [1.29, 1.82) is 0 Å². The fourth-order valence-electron chi connectivity index (χ4n) is 2.75. The molecule has 0 aromatic heterocycles. The number of hydrogen-bond acceptors (Lipinski definition) is 1. The molecular weight excluding hydrogens is 456 g/mol. The molecule has 0 saturated heterocycles. The highest BCUT2D eigenvalue weighted by atomic mass is 79.9. The highest BCUT2D eigenvalue weighted by Crippen LogP contribution is 2.26. The average molecular weight is 474 g/mol. The van der Waals surface area contributed by atoms with Crippen LogP contribution in [0, 0.1) is 0 Å². The molecule has 3 nitrogen and oxygen atoms in total. The number of urea groups is 1. The Labute approximate surface area is 170 Å². The first-order chi connectivity index (χ1) is 12.6. The molecule has 0 bridgehead atoms. The Bertz CT molecular complexity index is 830. The molecule has 132 valence electrons. The van der Waals surface area contributed by atoms with Gasteiger partial charge in [-0.2, -0.15) is 0 Å². The summed E-state index contributed by atoms with van der Waals surface area (Å²) in [4.78, 5) is 12.4. The van der Waals surface area contributed by atoms with E-state index in [9.17, 15) is 4.79 Å². The molecule has 0 fully saturated rings. The minimum Gasteiger partial charge on any atom is -0.337 e. The second-order valence-corrected chi connectivity index (χ2v) is 7.60. The summed E-state index contributed by atoms with van der Waals surface area (Å²) >= 11 is 6.86. The van der Waals surface area contributed by atoms with Crippen molar-refractivity contribution in [2.24, 2.45) is 0 Å². The molecule has 5 heteroatoms. The van der Waals surface area contributed by atoms with Gasteiger partial charge in [-0.05, 0) is 45.3 Å². The number of halogens is 2. The number of benzene rings is 3. The van der Waals surface area contributed by atoms with E-state index in [0.717, 1.165) is 14.6 Å². The Morgan fingerprint density at radius 2 is 1.42 bits per heavy atom. The zero-order valence-corrected chi connectivity index (χ0v) is 17.1. The van der Waals surface area contributed by atoms with Crippen LogP contribution in [0.2, 0.25) is 0 Å². The van der Waals surface area contributed by atoms with Crippen molar-refractivity contribution in [2.45, 2.75) is 5.92 Å². The fraction of sp³-hybridized carbons (Fsp3) is 0.0952. The number of nitrogens with one attached hydrogen (secondary N) is 2. The van der Waals surface area contributed by atoms with Gasteiger partial charge in [0.15, 0.2) is 0 Å². The Kier molecular flexibility index (Phi) is 6.47. The molecule has 0 aliphatic carbocycles. The van der Waals surface area contributed by atoms with Crippen LogP contribution in [0.3, 0.4) is 0 Å². The summed E-state index contributed by atoms with van der Waals surface area (Å²) in [6.07, 6.45) is 0. The fourth-order valence-corrected chi connectivity index (χ4v) is 3.90. The lowest BCUT2D eigenvalue weighted by molar-refractivity contribution is 0.252. The normalized spacial score (nSPS) is 10.6. The molecule has 0 aliphatic rings. The summed E-state index contributed by atoms with van der Waals surface area (Å²) < 4.78 is 1.77. The van der Waals surface area contributed by atoms with Gasteiger partial charge >= 0.3 is 6.03 Å². The maximum absolute atomic E-state index is 12.4. The Morgan fingerprint density at radius 1 is 0.846 bits per heavy atom. The van der Waals surface area contributed by atoms with E-state index in [2.05, 4.69) is 66.8 Å². The van der Waals surface area contributed by atoms with E-state index in [1.165, 1.54) is 11.1 Å². The maximum Gasteiger partial charge on any atom is 0.319 e. The molecule has 0 spiro atoms. The number of rotatable bonds is 5. The topological polar surface area (TPSA) is 41.1 Å². The summed E-state index contributed by atoms with van der Waals surface area (Å²) in [6, 6.07) is 25.8. The third kappa shape index (κ3) is 4.96. The highest BCUT2D eigenvalue weighted by Gasteiger charge is 2.15. The Morgan fingerprint density at radius 3 is 1.96 bits per heavy atom. The van der Waals surface area contributed by atoms with E-state index in [-0.39, 0.29) is 11.9 Å². The lowest BCUT2D eigenvalue weighted by atomic mass is 9.91. The molecule has 0 saturated carbocycles. The smallest absolute Gasteiger partial charge is 0.319 e. The molecule has 0 atom stereocenters. The van der Waals surface area contributed by atoms with Gasteiger partial charge in [0, 0.05) is 21.4 Å². The van der Waals surface area contributed by atoms with Crippen LogP contribution in [-0.2, 0) is 0 Å². The molecule has 3 rings (SSSR count). The summed E-state index contributed by atoms with van der Waals surface area (Å²) in [7, 11) is 0. The van der Waals surface area contributed by atoms with Gasteiger partial charge in [-0.15, -0.1) is 0 Å². The summed E-state index contributed by atoms with van der Waals surface area (Å²) in [6.45, 7) is 0.508. The predicted molar refractivity (Wildman–Crippen MR) is 114 cm³/mol. The molecule has 2 N–H and O–H groups in total. The summed E-state index contributed by atoms with van der Waals surface area (Å²) in [5, 5.41) is 5.87. The zero-order valence-electron chi connectivity index (χ0n) is 14.0. The number of hydrogen-bond donors (Lipinski definition) is 2. The molecule has 2 amide bonds. The lowest BCUT2D eigenvalue weighted by Crippen LogP contribution is -2.32. The van der Waals surface area contributed by atoms with Crippen LogP contribution < -0.4 is 10.6 Å². The first-order valence-electron chi connectivity index (χ1n) is 8.23. The van der Waals surface area contributed by atoms with E-state index in [1.807, 2.05) is 54.6 Å². The maximum atomic E-state index is 12.4. The monoisotopic (exact) mass is 472 g/mol. The lowest BCUT2D eigenvalue weighted by Gasteiger charge is -2.19. The van der Waals surface area contributed by atoms with Crippen LogP contribution in [0.15, 0.2) is 87.8 Å². The van der Waals surface area contributed by atoms with Crippen molar-refractivity contribution in [3.8, 4) is 0 Å². The second kappa shape index (κ2) is 9.01. The summed E-state index contributed by atoms with van der Waals surface area (Å²) in [5.74, 6) is 0.0940. The van der Waals surface area contributed by atoms with Gasteiger partial charge in [-0.3, -0.25) is 0 Å². The van der Waals surface area contributed by atoms with Gasteiger partial charge < -0.3 is 10.6 Å². The number of anilines is 1. The van der Waals surface area contributed by atoms with Gasteiger partial charge in [0.25, 0.3) is 0 Å². The highest BCUT2D eigenvalue weighted by molar-refractivity contribution is 9.11. The molecule has 0 aliphatic heterocycles. The van der Waals surface area contributed by atoms with E-state index in [4.69, 9.17) is 0 Å². The molecular formula is C21H18Br2N2O. The molecule has 26 heavy (non-hydrogen) atoms. The summed E-state index contributed by atoms with van der Waals surface area (Å²) in [5.41, 5.74) is 3.06. The van der Waals surface area contributed by atoms with Crippen LogP contribution in [0.25, 0.3) is 0 Å². The van der Waals surface area contributed by atoms with Crippen molar-refractivity contribution in [3.05, 3.63) is 98.9 Å². The van der Waals surface area contributed by atoms with E-state index >= 15 is 0 Å². The van der Waals surface area contributed by atoms with Gasteiger partial charge in [0.1, 0.15) is 0 Å². The first-order valence-corrected chi connectivity index (χ1v) is 9.82. The first kappa shape index (κ1) is 18.7. The van der Waals surface area contributed by atoms with Crippen molar-refractivity contribution in [2.75, 3.05) is 11.9 Å². The van der Waals surface area contributed by atoms with Crippen LogP contribution in [0.5, 0.6) is 0 Å². The molecule has 3 aromatic carbocycles. The molecule has 0 heterocycles. The van der Waals surface area contributed by atoms with E-state index in [0.29, 0.717) is 6.54 Å². The minimum atomic E-state index is -0.232. The van der Waals surface area contributed by atoms with Crippen molar-refractivity contribution >= 4 is 43.6 Å². The predicted octanol–water partition coefficient (Wildman–Crippen LogP) is 6.17. The third-order valence-corrected chi connectivity index (χ3v) is 5.20. The van der Waals surface area contributed by atoms with Gasteiger partial charge in [0.05, 0.1) is 5.69 Å². The Balaban J connectivity index is 1.71.